The van der Waals surface area contributed by atoms with Crippen LogP contribution in [0, 0.1) is 18.3 Å². The number of rotatable bonds is 4. The zero-order valence-corrected chi connectivity index (χ0v) is 11.1. The third-order valence-corrected chi connectivity index (χ3v) is 2.93. The molecule has 0 heterocycles. The summed E-state index contributed by atoms with van der Waals surface area (Å²) in [5.74, 6) is 0.613. The topological polar surface area (TPSA) is 45.0 Å². The van der Waals surface area contributed by atoms with Crippen LogP contribution in [0.3, 0.4) is 0 Å². The molecule has 0 aliphatic rings. The molecule has 96 valence electrons. The van der Waals surface area contributed by atoms with E-state index in [1.807, 2.05) is 30.3 Å². The third-order valence-electron chi connectivity index (χ3n) is 2.93. The highest BCUT2D eigenvalue weighted by Crippen LogP contribution is 2.19. The molecule has 19 heavy (non-hydrogen) atoms. The number of nitrogens with zero attached hydrogens (tertiary/aromatic N) is 1. The van der Waals surface area contributed by atoms with E-state index in [0.717, 1.165) is 11.3 Å². The van der Waals surface area contributed by atoms with Crippen molar-refractivity contribution in [3.8, 4) is 11.8 Å². The summed E-state index contributed by atoms with van der Waals surface area (Å²) in [5.41, 5.74) is 3.92. The van der Waals surface area contributed by atoms with Gasteiger partial charge in [0.1, 0.15) is 11.8 Å². The van der Waals surface area contributed by atoms with Gasteiger partial charge in [0.25, 0.3) is 0 Å². The van der Waals surface area contributed by atoms with Gasteiger partial charge in [0.2, 0.25) is 0 Å². The van der Waals surface area contributed by atoms with E-state index in [0.29, 0.717) is 17.9 Å². The van der Waals surface area contributed by atoms with Gasteiger partial charge in [0.05, 0.1) is 12.7 Å². The predicted molar refractivity (Wildman–Crippen MR) is 76.2 cm³/mol. The average Bonchev–Trinajstić information content (AvgIpc) is 2.46. The molecule has 0 saturated carbocycles. The Morgan fingerprint density at radius 3 is 2.53 bits per heavy atom. The predicted octanol–water partition coefficient (Wildman–Crippen LogP) is 3.49. The van der Waals surface area contributed by atoms with Crippen molar-refractivity contribution in [2.45, 2.75) is 13.5 Å². The van der Waals surface area contributed by atoms with Gasteiger partial charge in [-0.15, -0.1) is 0 Å². The Labute approximate surface area is 113 Å². The molecule has 0 atom stereocenters. The molecule has 0 radical (unpaired) electrons. The van der Waals surface area contributed by atoms with Crippen molar-refractivity contribution in [3.63, 3.8) is 0 Å². The van der Waals surface area contributed by atoms with Crippen LogP contribution in [-0.4, -0.2) is 7.11 Å². The summed E-state index contributed by atoms with van der Waals surface area (Å²) in [6, 6.07) is 16.0. The first-order valence-corrected chi connectivity index (χ1v) is 6.10. The molecule has 0 amide bonds. The molecular weight excluding hydrogens is 236 g/mol. The van der Waals surface area contributed by atoms with E-state index in [2.05, 4.69) is 30.4 Å². The maximum absolute atomic E-state index is 9.04. The summed E-state index contributed by atoms with van der Waals surface area (Å²) in [6.07, 6.45) is 0. The van der Waals surface area contributed by atoms with Crippen LogP contribution in [0.5, 0.6) is 5.75 Å². The Bertz CT molecular complexity index is 597. The largest absolute Gasteiger partial charge is 0.495 e. The molecule has 3 heteroatoms. The van der Waals surface area contributed by atoms with Gasteiger partial charge in [-0.05, 0) is 36.8 Å². The molecule has 0 aromatic heterocycles. The Kier molecular flexibility index (Phi) is 4.04. The highest BCUT2D eigenvalue weighted by molar-refractivity contribution is 5.48. The number of nitriles is 1. The molecule has 0 aliphatic carbocycles. The summed E-state index contributed by atoms with van der Waals surface area (Å²) in [5, 5.41) is 12.4. The molecule has 1 N–H and O–H groups in total. The van der Waals surface area contributed by atoms with E-state index in [4.69, 9.17) is 10.00 Å². The van der Waals surface area contributed by atoms with Crippen LogP contribution >= 0.6 is 0 Å². The Hall–Kier alpha value is -2.47. The Morgan fingerprint density at radius 1 is 1.16 bits per heavy atom. The maximum atomic E-state index is 9.04. The van der Waals surface area contributed by atoms with Crippen LogP contribution in [0.4, 0.5) is 5.69 Å². The highest BCUT2D eigenvalue weighted by atomic mass is 16.5. The number of hydrogen-bond acceptors (Lipinski definition) is 3. The van der Waals surface area contributed by atoms with Crippen LogP contribution in [0.1, 0.15) is 16.7 Å². The van der Waals surface area contributed by atoms with Gasteiger partial charge in [-0.2, -0.15) is 5.26 Å². The number of methoxy groups -OCH3 is 1. The second-order valence-corrected chi connectivity index (χ2v) is 4.37. The molecule has 2 aromatic carbocycles. The fourth-order valence-corrected chi connectivity index (χ4v) is 1.83. The fourth-order valence-electron chi connectivity index (χ4n) is 1.83. The molecular formula is C16H16N2O. The first-order valence-electron chi connectivity index (χ1n) is 6.10. The summed E-state index contributed by atoms with van der Waals surface area (Å²) >= 11 is 0. The minimum absolute atomic E-state index is 0.561. The second kappa shape index (κ2) is 5.92. The normalized spacial score (nSPS) is 9.74. The van der Waals surface area contributed by atoms with E-state index in [1.54, 1.807) is 7.11 Å². The van der Waals surface area contributed by atoms with Crippen LogP contribution in [0.25, 0.3) is 0 Å². The minimum atomic E-state index is 0.561. The van der Waals surface area contributed by atoms with Gasteiger partial charge in [-0.25, -0.2) is 0 Å². The van der Waals surface area contributed by atoms with Crippen LogP contribution in [0.15, 0.2) is 42.5 Å². The maximum Gasteiger partial charge on any atom is 0.136 e. The lowest BCUT2D eigenvalue weighted by Gasteiger charge is -2.09. The van der Waals surface area contributed by atoms with Gasteiger partial charge in [-0.3, -0.25) is 0 Å². The molecule has 3 nitrogen and oxygen atoms in total. The average molecular weight is 252 g/mol. The van der Waals surface area contributed by atoms with Crippen LogP contribution in [0.2, 0.25) is 0 Å². The number of anilines is 1. The summed E-state index contributed by atoms with van der Waals surface area (Å²) in [4.78, 5) is 0. The second-order valence-electron chi connectivity index (χ2n) is 4.37. The SMILES string of the molecule is COc1ccc(CNc2ccc(C)cc2)cc1C#N. The van der Waals surface area contributed by atoms with E-state index in [1.165, 1.54) is 5.56 Å². The van der Waals surface area contributed by atoms with E-state index in [9.17, 15) is 0 Å². The lowest BCUT2D eigenvalue weighted by atomic mass is 10.1. The molecule has 2 aromatic rings. The zero-order valence-electron chi connectivity index (χ0n) is 11.1. The molecule has 0 fully saturated rings. The first kappa shape index (κ1) is 13.0. The van der Waals surface area contributed by atoms with Crippen LogP contribution < -0.4 is 10.1 Å². The van der Waals surface area contributed by atoms with Crippen molar-refractivity contribution in [1.82, 2.24) is 0 Å². The minimum Gasteiger partial charge on any atom is -0.495 e. The fraction of sp³-hybridized carbons (Fsp3) is 0.188. The van der Waals surface area contributed by atoms with Crippen molar-refractivity contribution in [2.24, 2.45) is 0 Å². The molecule has 2 rings (SSSR count). The van der Waals surface area contributed by atoms with Gasteiger partial charge in [-0.1, -0.05) is 23.8 Å². The van der Waals surface area contributed by atoms with Gasteiger partial charge in [0.15, 0.2) is 0 Å². The van der Waals surface area contributed by atoms with E-state index in [-0.39, 0.29) is 0 Å². The smallest absolute Gasteiger partial charge is 0.136 e. The van der Waals surface area contributed by atoms with Gasteiger partial charge >= 0.3 is 0 Å². The molecule has 0 bridgehead atoms. The molecule has 0 saturated heterocycles. The van der Waals surface area contributed by atoms with E-state index < -0.39 is 0 Å². The number of hydrogen-bond donors (Lipinski definition) is 1. The summed E-state index contributed by atoms with van der Waals surface area (Å²) in [7, 11) is 1.57. The number of ether oxygens (including phenoxy) is 1. The lowest BCUT2D eigenvalue weighted by Crippen LogP contribution is -2.00. The standard InChI is InChI=1S/C16H16N2O/c1-12-3-6-15(7-4-12)18-11-13-5-8-16(19-2)14(9-13)10-17/h3-9,18H,11H2,1-2H3. The van der Waals surface area contributed by atoms with Crippen molar-refractivity contribution in [3.05, 3.63) is 59.2 Å². The number of nitrogens with one attached hydrogen (secondary N) is 1. The molecule has 0 aliphatic heterocycles. The quantitative estimate of drug-likeness (QED) is 0.906. The lowest BCUT2D eigenvalue weighted by molar-refractivity contribution is 0.413. The van der Waals surface area contributed by atoms with Crippen molar-refractivity contribution < 1.29 is 4.74 Å². The van der Waals surface area contributed by atoms with Gasteiger partial charge < -0.3 is 10.1 Å². The zero-order chi connectivity index (χ0) is 13.7. The van der Waals surface area contributed by atoms with Crippen molar-refractivity contribution in [1.29, 1.82) is 5.26 Å². The summed E-state index contributed by atoms with van der Waals surface area (Å²) < 4.78 is 5.12. The summed E-state index contributed by atoms with van der Waals surface area (Å²) in [6.45, 7) is 2.74. The van der Waals surface area contributed by atoms with Crippen molar-refractivity contribution in [2.75, 3.05) is 12.4 Å². The van der Waals surface area contributed by atoms with Crippen LogP contribution in [-0.2, 0) is 6.54 Å². The highest BCUT2D eigenvalue weighted by Gasteiger charge is 2.03. The third kappa shape index (κ3) is 3.26. The number of benzene rings is 2. The Balaban J connectivity index is 2.08. The Morgan fingerprint density at radius 2 is 1.89 bits per heavy atom. The van der Waals surface area contributed by atoms with Gasteiger partial charge in [0, 0.05) is 12.2 Å². The van der Waals surface area contributed by atoms with Crippen molar-refractivity contribution >= 4 is 5.69 Å². The molecule has 0 spiro atoms. The number of aryl methyl sites for hydroxylation is 1. The first-order chi connectivity index (χ1) is 9.22. The monoisotopic (exact) mass is 252 g/mol. The van der Waals surface area contributed by atoms with E-state index >= 15 is 0 Å². The molecule has 0 unspecified atom stereocenters.